The Bertz CT molecular complexity index is 1270. The predicted molar refractivity (Wildman–Crippen MR) is 125 cm³/mol. The van der Waals surface area contributed by atoms with E-state index in [1.54, 1.807) is 36.5 Å². The third kappa shape index (κ3) is 4.70. The molecular weight excluding hydrogens is 432 g/mol. The van der Waals surface area contributed by atoms with Crippen LogP contribution in [0.25, 0.3) is 22.2 Å². The number of anilines is 1. The summed E-state index contributed by atoms with van der Waals surface area (Å²) in [6.07, 6.45) is 4.89. The zero-order chi connectivity index (χ0) is 23.3. The maximum atomic E-state index is 14.3. The van der Waals surface area contributed by atoms with Gasteiger partial charge in [0.05, 0.1) is 11.3 Å². The molecule has 0 aliphatic rings. The summed E-state index contributed by atoms with van der Waals surface area (Å²) in [7, 11) is 0. The smallest absolute Gasteiger partial charge is 0.201 e. The first-order chi connectivity index (χ1) is 15.4. The zero-order valence-corrected chi connectivity index (χ0v) is 18.1. The molecule has 0 bridgehead atoms. The van der Waals surface area contributed by atoms with E-state index in [4.69, 9.17) is 5.73 Å². The van der Waals surface area contributed by atoms with Crippen LogP contribution in [-0.2, 0) is 0 Å². The number of aldehydes is 1. The summed E-state index contributed by atoms with van der Waals surface area (Å²) in [5, 5.41) is 0.420. The highest BCUT2D eigenvalue weighted by Crippen LogP contribution is 2.28. The Morgan fingerprint density at radius 2 is 1.84 bits per heavy atom. The maximum Gasteiger partial charge on any atom is 0.201 e. The normalized spacial score (nSPS) is 10.5. The van der Waals surface area contributed by atoms with Crippen molar-refractivity contribution in [1.82, 2.24) is 9.97 Å². The number of hydrogen-bond donors (Lipinski definition) is 3. The molecule has 32 heavy (non-hydrogen) atoms. The van der Waals surface area contributed by atoms with Crippen LogP contribution in [-0.4, -0.2) is 27.8 Å². The molecule has 0 unspecified atom stereocenters. The number of benzene rings is 2. The number of thiol groups is 1. The largest absolute Gasteiger partial charge is 0.396 e. The van der Waals surface area contributed by atoms with Crippen molar-refractivity contribution in [1.29, 1.82) is 0 Å². The lowest BCUT2D eigenvalue weighted by Crippen LogP contribution is -2.09. The first-order valence-electron chi connectivity index (χ1n) is 9.83. The van der Waals surface area contributed by atoms with E-state index < -0.39 is 23.0 Å². The van der Waals surface area contributed by atoms with Crippen LogP contribution in [0.3, 0.4) is 0 Å². The van der Waals surface area contributed by atoms with Crippen molar-refractivity contribution in [2.24, 2.45) is 0 Å². The molecule has 0 spiro atoms. The van der Waals surface area contributed by atoms with Gasteiger partial charge in [-0.15, -0.1) is 0 Å². The van der Waals surface area contributed by atoms with Gasteiger partial charge in [-0.1, -0.05) is 31.2 Å². The lowest BCUT2D eigenvalue weighted by Gasteiger charge is -2.06. The van der Waals surface area contributed by atoms with Crippen LogP contribution in [0, 0.1) is 11.6 Å². The number of nitrogens with one attached hydrogen (secondary N) is 1. The standard InChI is InChI=1S/C21H13F2N3O2.C3H8S/c22-16-5-6-17(24)19(23)18(16)20(28)15-9-26-21-14(15)7-13(8-25-21)12-3-1-11(10-27)2-4-12;1-2-3-4/h1-10H,24H2,(H,25,26);4H,2-3H2,1H3. The van der Waals surface area contributed by atoms with Crippen molar-refractivity contribution in [2.75, 3.05) is 11.5 Å². The molecule has 4 rings (SSSR count). The Balaban J connectivity index is 0.000000668. The lowest BCUT2D eigenvalue weighted by atomic mass is 9.99. The van der Waals surface area contributed by atoms with Crippen LogP contribution in [0.2, 0.25) is 0 Å². The van der Waals surface area contributed by atoms with E-state index >= 15 is 0 Å². The molecule has 2 heterocycles. The fourth-order valence-corrected chi connectivity index (χ4v) is 3.01. The minimum Gasteiger partial charge on any atom is -0.396 e. The SMILES string of the molecule is CCCS.Nc1ccc(F)c(C(=O)c2c[nH]c3ncc(-c4ccc(C=O)cc4)cc23)c1F. The van der Waals surface area contributed by atoms with Crippen molar-refractivity contribution < 1.29 is 18.4 Å². The van der Waals surface area contributed by atoms with Gasteiger partial charge in [-0.25, -0.2) is 13.8 Å². The van der Waals surface area contributed by atoms with Crippen LogP contribution >= 0.6 is 12.6 Å². The summed E-state index contributed by atoms with van der Waals surface area (Å²) in [5.74, 6) is -1.89. The number of aromatic nitrogens is 2. The van der Waals surface area contributed by atoms with E-state index in [1.165, 1.54) is 12.6 Å². The number of nitrogen functional groups attached to an aromatic ring is 1. The summed E-state index contributed by atoms with van der Waals surface area (Å²) < 4.78 is 28.4. The van der Waals surface area contributed by atoms with Gasteiger partial charge < -0.3 is 10.7 Å². The molecule has 0 radical (unpaired) electrons. The first kappa shape index (κ1) is 23.1. The molecule has 0 saturated carbocycles. The molecule has 0 amide bonds. The molecule has 0 aliphatic carbocycles. The summed E-state index contributed by atoms with van der Waals surface area (Å²) in [5.41, 5.74) is 6.95. The number of aromatic amines is 1. The molecule has 2 aromatic heterocycles. The van der Waals surface area contributed by atoms with Crippen molar-refractivity contribution in [2.45, 2.75) is 13.3 Å². The minimum absolute atomic E-state index is 0.0808. The van der Waals surface area contributed by atoms with Crippen LogP contribution in [0.15, 0.2) is 54.9 Å². The highest BCUT2D eigenvalue weighted by atomic mass is 32.1. The van der Waals surface area contributed by atoms with Crippen LogP contribution in [0.5, 0.6) is 0 Å². The van der Waals surface area contributed by atoms with Gasteiger partial charge in [0.15, 0.2) is 5.82 Å². The third-order valence-electron chi connectivity index (χ3n) is 4.73. The Labute approximate surface area is 189 Å². The second-order valence-corrected chi connectivity index (χ2v) is 7.39. The van der Waals surface area contributed by atoms with Crippen molar-refractivity contribution >= 4 is 41.4 Å². The second kappa shape index (κ2) is 10.2. The molecule has 0 aliphatic heterocycles. The van der Waals surface area contributed by atoms with Crippen molar-refractivity contribution in [3.05, 3.63) is 83.2 Å². The van der Waals surface area contributed by atoms with E-state index in [0.717, 1.165) is 29.7 Å². The number of pyridine rings is 1. The van der Waals surface area contributed by atoms with Gasteiger partial charge in [-0.3, -0.25) is 9.59 Å². The fourth-order valence-electron chi connectivity index (χ4n) is 3.01. The molecular formula is C24H21F2N3O2S. The average Bonchev–Trinajstić information content (AvgIpc) is 3.25. The van der Waals surface area contributed by atoms with Gasteiger partial charge >= 0.3 is 0 Å². The van der Waals surface area contributed by atoms with Gasteiger partial charge in [0, 0.05) is 34.5 Å². The van der Waals surface area contributed by atoms with Crippen LogP contribution < -0.4 is 5.73 Å². The number of halogens is 2. The van der Waals surface area contributed by atoms with E-state index in [9.17, 15) is 18.4 Å². The van der Waals surface area contributed by atoms with Crippen molar-refractivity contribution in [3.63, 3.8) is 0 Å². The average molecular weight is 454 g/mol. The van der Waals surface area contributed by atoms with Gasteiger partial charge in [0.2, 0.25) is 5.78 Å². The summed E-state index contributed by atoms with van der Waals surface area (Å²) >= 11 is 3.92. The monoisotopic (exact) mass is 453 g/mol. The summed E-state index contributed by atoms with van der Waals surface area (Å²) in [4.78, 5) is 30.7. The number of carbonyl (C=O) groups excluding carboxylic acids is 2. The zero-order valence-electron chi connectivity index (χ0n) is 17.2. The summed E-state index contributed by atoms with van der Waals surface area (Å²) in [6, 6.07) is 10.5. The Morgan fingerprint density at radius 3 is 2.47 bits per heavy atom. The summed E-state index contributed by atoms with van der Waals surface area (Å²) in [6.45, 7) is 2.10. The number of ketones is 1. The van der Waals surface area contributed by atoms with E-state index in [2.05, 4.69) is 29.5 Å². The Morgan fingerprint density at radius 1 is 1.16 bits per heavy atom. The Kier molecular flexibility index (Phi) is 7.37. The number of nitrogens with zero attached hydrogens (tertiary/aromatic N) is 1. The van der Waals surface area contributed by atoms with Crippen molar-refractivity contribution in [3.8, 4) is 11.1 Å². The molecule has 164 valence electrons. The van der Waals surface area contributed by atoms with Gasteiger partial charge in [0.1, 0.15) is 17.8 Å². The molecule has 5 nitrogen and oxygen atoms in total. The van der Waals surface area contributed by atoms with Gasteiger partial charge in [-0.2, -0.15) is 12.6 Å². The topological polar surface area (TPSA) is 88.8 Å². The van der Waals surface area contributed by atoms with Crippen LogP contribution in [0.4, 0.5) is 14.5 Å². The first-order valence-corrected chi connectivity index (χ1v) is 10.5. The molecule has 0 atom stereocenters. The van der Waals surface area contributed by atoms with E-state index in [1.807, 2.05) is 0 Å². The highest BCUT2D eigenvalue weighted by molar-refractivity contribution is 7.80. The molecule has 0 saturated heterocycles. The molecule has 2 aromatic carbocycles. The molecule has 0 fully saturated rings. The second-order valence-electron chi connectivity index (χ2n) is 6.94. The highest BCUT2D eigenvalue weighted by Gasteiger charge is 2.23. The number of rotatable bonds is 5. The number of H-pyrrole nitrogens is 1. The number of nitrogens with two attached hydrogens (primary N) is 1. The number of carbonyl (C=O) groups is 2. The molecule has 4 aromatic rings. The van der Waals surface area contributed by atoms with Gasteiger partial charge in [-0.05, 0) is 35.9 Å². The fraction of sp³-hybridized carbons (Fsp3) is 0.125. The van der Waals surface area contributed by atoms with Gasteiger partial charge in [0.25, 0.3) is 0 Å². The molecule has 8 heteroatoms. The minimum atomic E-state index is -1.09. The third-order valence-corrected chi connectivity index (χ3v) is 5.17. The quantitative estimate of drug-likeness (QED) is 0.162. The lowest BCUT2D eigenvalue weighted by molar-refractivity contribution is 0.103. The maximum absolute atomic E-state index is 14.3. The van der Waals surface area contributed by atoms with Crippen LogP contribution in [0.1, 0.15) is 39.6 Å². The predicted octanol–water partition coefficient (Wildman–Crippen LogP) is 5.46. The number of hydrogen-bond acceptors (Lipinski definition) is 5. The molecule has 3 N–H and O–H groups in total. The Hall–Kier alpha value is -3.52. The number of fused-ring (bicyclic) bond motifs is 1. The van der Waals surface area contributed by atoms with E-state index in [-0.39, 0.29) is 11.3 Å². The van der Waals surface area contributed by atoms with E-state index in [0.29, 0.717) is 22.2 Å².